The minimum Gasteiger partial charge on any atom is -0.452 e. The number of hydrogen-bond donors (Lipinski definition) is 0. The Morgan fingerprint density at radius 1 is 1.29 bits per heavy atom. The molecule has 0 N–H and O–H groups in total. The molecule has 0 bridgehead atoms. The third-order valence-corrected chi connectivity index (χ3v) is 3.84. The van der Waals surface area contributed by atoms with Crippen molar-refractivity contribution in [2.75, 3.05) is 13.7 Å². The summed E-state index contributed by atoms with van der Waals surface area (Å²) in [6, 6.07) is 7.42. The van der Waals surface area contributed by atoms with Crippen molar-refractivity contribution in [3.8, 4) is 0 Å². The molecule has 1 aromatic heterocycles. The van der Waals surface area contributed by atoms with Crippen molar-refractivity contribution in [2.45, 2.75) is 6.54 Å². The van der Waals surface area contributed by atoms with Crippen LogP contribution in [0.2, 0.25) is 10.2 Å². The van der Waals surface area contributed by atoms with E-state index in [4.69, 9.17) is 27.9 Å². The Labute approximate surface area is 148 Å². The Balaban J connectivity index is 1.91. The molecule has 1 aromatic carbocycles. The lowest BCUT2D eigenvalue weighted by Gasteiger charge is -2.17. The van der Waals surface area contributed by atoms with Crippen LogP contribution < -0.4 is 0 Å². The first-order chi connectivity index (χ1) is 11.4. The van der Waals surface area contributed by atoms with Crippen LogP contribution >= 0.6 is 23.2 Å². The molecule has 0 saturated carbocycles. The van der Waals surface area contributed by atoms with Gasteiger partial charge in [-0.1, -0.05) is 41.4 Å². The SMILES string of the molecule is CN(Cc1ccccc1F)C(=O)COC(=O)c1cnc(Cl)c(Cl)c1. The molecule has 24 heavy (non-hydrogen) atoms. The number of rotatable bonds is 5. The summed E-state index contributed by atoms with van der Waals surface area (Å²) in [5.41, 5.74) is 0.447. The van der Waals surface area contributed by atoms with Gasteiger partial charge in [0.25, 0.3) is 5.91 Å². The van der Waals surface area contributed by atoms with E-state index in [1.54, 1.807) is 18.2 Å². The highest BCUT2D eigenvalue weighted by atomic mass is 35.5. The van der Waals surface area contributed by atoms with Crippen LogP contribution in [-0.4, -0.2) is 35.4 Å². The lowest BCUT2D eigenvalue weighted by atomic mass is 10.2. The van der Waals surface area contributed by atoms with Crippen molar-refractivity contribution >= 4 is 35.1 Å². The van der Waals surface area contributed by atoms with Crippen molar-refractivity contribution in [3.63, 3.8) is 0 Å². The number of esters is 1. The number of hydrogen-bond acceptors (Lipinski definition) is 4. The summed E-state index contributed by atoms with van der Waals surface area (Å²) in [6.07, 6.45) is 1.20. The van der Waals surface area contributed by atoms with Gasteiger partial charge in [-0.05, 0) is 12.1 Å². The second-order valence-electron chi connectivity index (χ2n) is 4.91. The molecule has 0 radical (unpaired) electrons. The van der Waals surface area contributed by atoms with Crippen molar-refractivity contribution in [3.05, 3.63) is 63.6 Å². The molecule has 1 heterocycles. The number of halogens is 3. The average Bonchev–Trinajstić information content (AvgIpc) is 2.56. The minimum absolute atomic E-state index is 0.0638. The highest BCUT2D eigenvalue weighted by Gasteiger charge is 2.16. The lowest BCUT2D eigenvalue weighted by Crippen LogP contribution is -2.31. The molecule has 0 atom stereocenters. The van der Waals surface area contributed by atoms with Gasteiger partial charge in [0.15, 0.2) is 6.61 Å². The number of aromatic nitrogens is 1. The Kier molecular flexibility index (Phi) is 6.11. The number of carbonyl (C=O) groups is 2. The van der Waals surface area contributed by atoms with Gasteiger partial charge in [-0.3, -0.25) is 4.79 Å². The van der Waals surface area contributed by atoms with Crippen LogP contribution in [0.25, 0.3) is 0 Å². The molecule has 0 unspecified atom stereocenters. The van der Waals surface area contributed by atoms with Gasteiger partial charge in [0.2, 0.25) is 0 Å². The summed E-state index contributed by atoms with van der Waals surface area (Å²) in [4.78, 5) is 28.8. The van der Waals surface area contributed by atoms with Gasteiger partial charge < -0.3 is 9.64 Å². The van der Waals surface area contributed by atoms with E-state index in [0.29, 0.717) is 5.56 Å². The summed E-state index contributed by atoms with van der Waals surface area (Å²) in [5, 5.41) is 0.169. The van der Waals surface area contributed by atoms with Crippen LogP contribution in [0.3, 0.4) is 0 Å². The van der Waals surface area contributed by atoms with Gasteiger partial charge in [-0.15, -0.1) is 0 Å². The highest BCUT2D eigenvalue weighted by Crippen LogP contribution is 2.20. The quantitative estimate of drug-likeness (QED) is 0.598. The van der Waals surface area contributed by atoms with Gasteiger partial charge in [-0.25, -0.2) is 14.2 Å². The molecule has 0 spiro atoms. The van der Waals surface area contributed by atoms with E-state index in [1.165, 1.54) is 30.3 Å². The smallest absolute Gasteiger partial charge is 0.340 e. The molecule has 0 aliphatic carbocycles. The number of ether oxygens (including phenoxy) is 1. The molecule has 5 nitrogen and oxygen atoms in total. The fourth-order valence-corrected chi connectivity index (χ4v) is 2.09. The van der Waals surface area contributed by atoms with E-state index in [2.05, 4.69) is 4.98 Å². The molecule has 0 aliphatic heterocycles. The normalized spacial score (nSPS) is 10.3. The van der Waals surface area contributed by atoms with E-state index >= 15 is 0 Å². The number of carbonyl (C=O) groups excluding carboxylic acids is 2. The Morgan fingerprint density at radius 2 is 2.00 bits per heavy atom. The van der Waals surface area contributed by atoms with Crippen LogP contribution in [-0.2, 0) is 16.1 Å². The number of amides is 1. The molecule has 0 saturated heterocycles. The van der Waals surface area contributed by atoms with E-state index in [1.807, 2.05) is 0 Å². The molecule has 2 aromatic rings. The average molecular weight is 371 g/mol. The van der Waals surface area contributed by atoms with Crippen LogP contribution in [0.1, 0.15) is 15.9 Å². The van der Waals surface area contributed by atoms with Crippen LogP contribution in [0.15, 0.2) is 36.5 Å². The van der Waals surface area contributed by atoms with E-state index in [0.717, 1.165) is 0 Å². The van der Waals surface area contributed by atoms with E-state index < -0.39 is 24.3 Å². The Morgan fingerprint density at radius 3 is 2.67 bits per heavy atom. The van der Waals surface area contributed by atoms with E-state index in [9.17, 15) is 14.0 Å². The molecule has 0 aliphatic rings. The van der Waals surface area contributed by atoms with E-state index in [-0.39, 0.29) is 22.3 Å². The number of nitrogens with zero attached hydrogens (tertiary/aromatic N) is 2. The van der Waals surface area contributed by atoms with Gasteiger partial charge in [0.05, 0.1) is 10.6 Å². The maximum Gasteiger partial charge on any atom is 0.340 e. The monoisotopic (exact) mass is 370 g/mol. The summed E-state index contributed by atoms with van der Waals surface area (Å²) >= 11 is 11.4. The summed E-state index contributed by atoms with van der Waals surface area (Å²) in [7, 11) is 1.49. The Bertz CT molecular complexity index is 771. The maximum absolute atomic E-state index is 13.6. The van der Waals surface area contributed by atoms with Gasteiger partial charge in [0, 0.05) is 25.4 Å². The molecule has 1 amide bonds. The first-order valence-corrected chi connectivity index (χ1v) is 7.59. The molecule has 126 valence electrons. The topological polar surface area (TPSA) is 59.5 Å². The fourth-order valence-electron chi connectivity index (χ4n) is 1.82. The zero-order valence-corrected chi connectivity index (χ0v) is 14.1. The maximum atomic E-state index is 13.6. The second kappa shape index (κ2) is 8.08. The summed E-state index contributed by atoms with van der Waals surface area (Å²) in [5.74, 6) is -1.63. The summed E-state index contributed by atoms with van der Waals surface area (Å²) in [6.45, 7) is -0.415. The lowest BCUT2D eigenvalue weighted by molar-refractivity contribution is -0.133. The molecular weight excluding hydrogens is 358 g/mol. The van der Waals surface area contributed by atoms with Crippen molar-refractivity contribution in [2.24, 2.45) is 0 Å². The van der Waals surface area contributed by atoms with Crippen molar-refractivity contribution in [1.82, 2.24) is 9.88 Å². The number of pyridine rings is 1. The fraction of sp³-hybridized carbons (Fsp3) is 0.188. The predicted octanol–water partition coefficient (Wildman–Crippen LogP) is 3.34. The third-order valence-electron chi connectivity index (χ3n) is 3.15. The molecule has 8 heteroatoms. The molecule has 0 fully saturated rings. The second-order valence-corrected chi connectivity index (χ2v) is 5.68. The first kappa shape index (κ1) is 18.2. The third kappa shape index (κ3) is 4.66. The number of likely N-dealkylation sites (N-methyl/N-ethyl adjacent to an activating group) is 1. The van der Waals surface area contributed by atoms with Crippen molar-refractivity contribution < 1.29 is 18.7 Å². The van der Waals surface area contributed by atoms with Crippen molar-refractivity contribution in [1.29, 1.82) is 0 Å². The first-order valence-electron chi connectivity index (χ1n) is 6.84. The Hall–Kier alpha value is -2.18. The molecule has 2 rings (SSSR count). The zero-order valence-electron chi connectivity index (χ0n) is 12.6. The predicted molar refractivity (Wildman–Crippen MR) is 87.4 cm³/mol. The zero-order chi connectivity index (χ0) is 17.7. The van der Waals surface area contributed by atoms with Gasteiger partial charge in [0.1, 0.15) is 11.0 Å². The van der Waals surface area contributed by atoms with Crippen LogP contribution in [0.4, 0.5) is 4.39 Å². The largest absolute Gasteiger partial charge is 0.452 e. The van der Waals surface area contributed by atoms with Crippen LogP contribution in [0.5, 0.6) is 0 Å². The van der Waals surface area contributed by atoms with Gasteiger partial charge >= 0.3 is 5.97 Å². The number of benzene rings is 1. The standard InChI is InChI=1S/C16H13Cl2FN2O3/c1-21(8-10-4-2-3-5-13(10)19)14(22)9-24-16(23)11-6-12(17)15(18)20-7-11/h2-7H,8-9H2,1H3. The minimum atomic E-state index is -0.756. The van der Waals surface area contributed by atoms with Gasteiger partial charge in [-0.2, -0.15) is 0 Å². The van der Waals surface area contributed by atoms with Crippen LogP contribution in [0, 0.1) is 5.82 Å². The summed E-state index contributed by atoms with van der Waals surface area (Å²) < 4.78 is 18.5. The highest BCUT2D eigenvalue weighted by molar-refractivity contribution is 6.41. The molecular formula is C16H13Cl2FN2O3.